The van der Waals surface area contributed by atoms with Gasteiger partial charge in [0.15, 0.2) is 6.10 Å². The molecule has 17 heavy (non-hydrogen) atoms. The van der Waals surface area contributed by atoms with Crippen molar-refractivity contribution in [3.8, 4) is 0 Å². The Balaban J connectivity index is 4.07. The highest BCUT2D eigenvalue weighted by Crippen LogP contribution is 2.15. The van der Waals surface area contributed by atoms with Crippen molar-refractivity contribution in [3.05, 3.63) is 0 Å². The minimum Gasteiger partial charge on any atom is -0.479 e. The second-order valence-corrected chi connectivity index (χ2v) is 4.60. The topological polar surface area (TPSA) is 89.9 Å². The number of nitrogens with one attached hydrogen (secondary N) is 1. The first-order valence-electron chi connectivity index (χ1n) is 5.65. The van der Waals surface area contributed by atoms with E-state index in [1.165, 1.54) is 0 Å². The number of urea groups is 1. The van der Waals surface area contributed by atoms with Crippen LogP contribution < -0.4 is 5.32 Å². The zero-order valence-electron chi connectivity index (χ0n) is 10.9. The summed E-state index contributed by atoms with van der Waals surface area (Å²) in [5, 5.41) is 20.0. The van der Waals surface area contributed by atoms with Gasteiger partial charge in [-0.3, -0.25) is 0 Å². The average Bonchev–Trinajstić information content (AvgIpc) is 2.27. The molecule has 2 amide bonds. The molecule has 6 nitrogen and oxygen atoms in total. The van der Waals surface area contributed by atoms with Crippen molar-refractivity contribution >= 4 is 12.0 Å². The number of hydrogen-bond donors (Lipinski definition) is 3. The third kappa shape index (κ3) is 5.04. The van der Waals surface area contributed by atoms with Crippen molar-refractivity contribution in [3.63, 3.8) is 0 Å². The molecule has 1 unspecified atom stereocenters. The van der Waals surface area contributed by atoms with Crippen LogP contribution in [0.4, 0.5) is 4.79 Å². The van der Waals surface area contributed by atoms with E-state index < -0.39 is 12.1 Å². The Kier molecular flexibility index (Phi) is 5.95. The van der Waals surface area contributed by atoms with Crippen LogP contribution in [0.5, 0.6) is 0 Å². The minimum atomic E-state index is -1.43. The maximum absolute atomic E-state index is 11.7. The molecule has 0 aliphatic rings. The van der Waals surface area contributed by atoms with Crippen LogP contribution in [0.25, 0.3) is 0 Å². The number of rotatable bonds is 6. The van der Waals surface area contributed by atoms with Crippen molar-refractivity contribution in [1.29, 1.82) is 0 Å². The van der Waals surface area contributed by atoms with Crippen LogP contribution in [-0.4, -0.2) is 52.3 Å². The van der Waals surface area contributed by atoms with Gasteiger partial charge in [-0.15, -0.1) is 0 Å². The maximum Gasteiger partial charge on any atom is 0.332 e. The Morgan fingerprint density at radius 2 is 1.94 bits per heavy atom. The van der Waals surface area contributed by atoms with Gasteiger partial charge in [0.1, 0.15) is 0 Å². The molecule has 0 radical (unpaired) electrons. The molecule has 0 rings (SSSR count). The highest BCUT2D eigenvalue weighted by molar-refractivity contribution is 5.75. The summed E-state index contributed by atoms with van der Waals surface area (Å²) in [6.07, 6.45) is -0.615. The van der Waals surface area contributed by atoms with E-state index in [1.807, 2.05) is 20.8 Å². The number of aliphatic hydroxyl groups excluding tert-OH is 1. The molecule has 0 aliphatic heterocycles. The molecular formula is C11H22N2O4. The van der Waals surface area contributed by atoms with Gasteiger partial charge >= 0.3 is 12.0 Å². The van der Waals surface area contributed by atoms with Crippen molar-refractivity contribution < 1.29 is 19.8 Å². The van der Waals surface area contributed by atoms with Crippen LogP contribution >= 0.6 is 0 Å². The van der Waals surface area contributed by atoms with Gasteiger partial charge in [0.05, 0.1) is 0 Å². The lowest BCUT2D eigenvalue weighted by Gasteiger charge is -2.34. The molecule has 0 bridgehead atoms. The third-order valence-corrected chi connectivity index (χ3v) is 3.06. The van der Waals surface area contributed by atoms with Crippen molar-refractivity contribution in [2.75, 3.05) is 13.6 Å². The molecule has 0 aliphatic carbocycles. The summed E-state index contributed by atoms with van der Waals surface area (Å²) in [4.78, 5) is 23.6. The van der Waals surface area contributed by atoms with Crippen molar-refractivity contribution in [2.24, 2.45) is 0 Å². The fourth-order valence-electron chi connectivity index (χ4n) is 1.07. The quantitative estimate of drug-likeness (QED) is 0.642. The number of aliphatic carboxylic acids is 1. The molecule has 3 N–H and O–H groups in total. The molecule has 0 aromatic rings. The van der Waals surface area contributed by atoms with Gasteiger partial charge in [-0.1, -0.05) is 6.92 Å². The molecule has 0 aromatic carbocycles. The second kappa shape index (κ2) is 6.44. The lowest BCUT2D eigenvalue weighted by atomic mass is 10.0. The van der Waals surface area contributed by atoms with Crippen LogP contribution in [0.3, 0.4) is 0 Å². The standard InChI is InChI=1S/C11H22N2O4/c1-5-11(2,3)13(4)10(17)12-7-6-8(14)9(15)16/h8,14H,5-7H2,1-4H3,(H,12,17)(H,15,16). The Bertz CT molecular complexity index is 279. The molecule has 0 heterocycles. The molecule has 0 spiro atoms. The Hall–Kier alpha value is -1.30. The number of nitrogens with zero attached hydrogens (tertiary/aromatic N) is 1. The molecule has 0 saturated heterocycles. The van der Waals surface area contributed by atoms with E-state index in [9.17, 15) is 9.59 Å². The summed E-state index contributed by atoms with van der Waals surface area (Å²) >= 11 is 0. The summed E-state index contributed by atoms with van der Waals surface area (Å²) in [7, 11) is 1.69. The smallest absolute Gasteiger partial charge is 0.332 e. The predicted molar refractivity (Wildman–Crippen MR) is 63.8 cm³/mol. The number of amides is 2. The summed E-state index contributed by atoms with van der Waals surface area (Å²) in [6.45, 7) is 6.01. The van der Waals surface area contributed by atoms with E-state index >= 15 is 0 Å². The molecule has 1 atom stereocenters. The first-order chi connectivity index (χ1) is 7.72. The van der Waals surface area contributed by atoms with E-state index in [0.717, 1.165) is 6.42 Å². The van der Waals surface area contributed by atoms with Crippen LogP contribution in [0.15, 0.2) is 0 Å². The first-order valence-corrected chi connectivity index (χ1v) is 5.65. The zero-order chi connectivity index (χ0) is 13.6. The van der Waals surface area contributed by atoms with Gasteiger partial charge in [0, 0.05) is 25.6 Å². The van der Waals surface area contributed by atoms with Crippen molar-refractivity contribution in [1.82, 2.24) is 10.2 Å². The predicted octanol–water partition coefficient (Wildman–Crippen LogP) is 0.652. The fraction of sp³-hybridized carbons (Fsp3) is 0.818. The summed E-state index contributed by atoms with van der Waals surface area (Å²) in [6, 6.07) is -0.269. The van der Waals surface area contributed by atoms with Gasteiger partial charge in [0.25, 0.3) is 0 Å². The van der Waals surface area contributed by atoms with Crippen LogP contribution in [0.1, 0.15) is 33.6 Å². The Morgan fingerprint density at radius 3 is 2.35 bits per heavy atom. The number of carboxylic acids is 1. The Labute approximate surface area is 102 Å². The van der Waals surface area contributed by atoms with Gasteiger partial charge in [-0.2, -0.15) is 0 Å². The fourth-order valence-corrected chi connectivity index (χ4v) is 1.07. The molecule has 0 fully saturated rings. The highest BCUT2D eigenvalue weighted by Gasteiger charge is 2.25. The van der Waals surface area contributed by atoms with E-state index in [1.54, 1.807) is 11.9 Å². The van der Waals surface area contributed by atoms with Crippen molar-refractivity contribution in [2.45, 2.75) is 45.3 Å². The van der Waals surface area contributed by atoms with E-state index in [0.29, 0.717) is 0 Å². The number of carboxylic acid groups (broad SMARTS) is 1. The number of carbonyl (C=O) groups excluding carboxylic acids is 1. The van der Waals surface area contributed by atoms with Crippen LogP contribution in [0, 0.1) is 0 Å². The average molecular weight is 246 g/mol. The highest BCUT2D eigenvalue weighted by atomic mass is 16.4. The monoisotopic (exact) mass is 246 g/mol. The van der Waals surface area contributed by atoms with Gasteiger partial charge < -0.3 is 20.4 Å². The molecular weight excluding hydrogens is 224 g/mol. The molecule has 6 heteroatoms. The molecule has 0 aromatic heterocycles. The number of carbonyl (C=O) groups is 2. The number of aliphatic hydroxyl groups is 1. The van der Waals surface area contributed by atoms with Gasteiger partial charge in [0.2, 0.25) is 0 Å². The summed E-state index contributed by atoms with van der Waals surface area (Å²) in [5.74, 6) is -1.28. The minimum absolute atomic E-state index is 0.00146. The SMILES string of the molecule is CCC(C)(C)N(C)C(=O)NCCC(O)C(=O)O. The largest absolute Gasteiger partial charge is 0.479 e. The second-order valence-electron chi connectivity index (χ2n) is 4.60. The van der Waals surface area contributed by atoms with E-state index in [2.05, 4.69) is 5.32 Å². The third-order valence-electron chi connectivity index (χ3n) is 3.06. The lowest BCUT2D eigenvalue weighted by Crippen LogP contribution is -2.49. The maximum atomic E-state index is 11.7. The Morgan fingerprint density at radius 1 is 1.41 bits per heavy atom. The van der Waals surface area contributed by atoms with Gasteiger partial charge in [-0.25, -0.2) is 9.59 Å². The zero-order valence-corrected chi connectivity index (χ0v) is 10.9. The first kappa shape index (κ1) is 15.7. The van der Waals surface area contributed by atoms with E-state index in [-0.39, 0.29) is 24.5 Å². The lowest BCUT2D eigenvalue weighted by molar-refractivity contribution is -0.146. The van der Waals surface area contributed by atoms with Crippen LogP contribution in [0.2, 0.25) is 0 Å². The van der Waals surface area contributed by atoms with Gasteiger partial charge in [-0.05, 0) is 20.3 Å². The number of hydrogen-bond acceptors (Lipinski definition) is 3. The molecule has 0 saturated carbocycles. The summed E-state index contributed by atoms with van der Waals surface area (Å²) < 4.78 is 0. The van der Waals surface area contributed by atoms with E-state index in [4.69, 9.17) is 10.2 Å². The normalized spacial score (nSPS) is 13.0. The molecule has 100 valence electrons. The van der Waals surface area contributed by atoms with Crippen LogP contribution in [-0.2, 0) is 4.79 Å². The summed E-state index contributed by atoms with van der Waals surface area (Å²) in [5.41, 5.74) is -0.254.